The fourth-order valence-electron chi connectivity index (χ4n) is 4.46. The maximum absolute atomic E-state index is 13.4. The van der Waals surface area contributed by atoms with Gasteiger partial charge >= 0.3 is 0 Å². The van der Waals surface area contributed by atoms with Gasteiger partial charge in [0.25, 0.3) is 0 Å². The summed E-state index contributed by atoms with van der Waals surface area (Å²) in [5.74, 6) is 0.998. The Labute approximate surface area is 180 Å². The highest BCUT2D eigenvalue weighted by atomic mass is 32.1. The Morgan fingerprint density at radius 3 is 2.90 bits per heavy atom. The molecule has 0 fully saturated rings. The molecule has 0 saturated heterocycles. The highest BCUT2D eigenvalue weighted by molar-refractivity contribution is 7.10. The lowest BCUT2D eigenvalue weighted by Crippen LogP contribution is -2.41. The van der Waals surface area contributed by atoms with Crippen LogP contribution in [0.4, 0.5) is 0 Å². The summed E-state index contributed by atoms with van der Waals surface area (Å²) in [6.07, 6.45) is 1.30. The number of fused-ring (bicyclic) bond motifs is 3. The lowest BCUT2D eigenvalue weighted by Gasteiger charge is -2.36. The third-order valence-electron chi connectivity index (χ3n) is 5.75. The molecule has 4 nitrogen and oxygen atoms in total. The molecule has 0 aliphatic carbocycles. The van der Waals surface area contributed by atoms with Crippen molar-refractivity contribution in [2.75, 3.05) is 13.2 Å². The van der Waals surface area contributed by atoms with Crippen molar-refractivity contribution in [2.24, 2.45) is 0 Å². The summed E-state index contributed by atoms with van der Waals surface area (Å²) in [5.41, 5.74) is 4.64. The number of nitrogens with one attached hydrogen (secondary N) is 1. The lowest BCUT2D eigenvalue weighted by atomic mass is 9.92. The summed E-state index contributed by atoms with van der Waals surface area (Å²) in [7, 11) is 0. The van der Waals surface area contributed by atoms with Crippen LogP contribution in [-0.2, 0) is 17.6 Å². The summed E-state index contributed by atoms with van der Waals surface area (Å²) < 4.78 is 5.75. The highest BCUT2D eigenvalue weighted by Gasteiger charge is 2.34. The summed E-state index contributed by atoms with van der Waals surface area (Å²) in [4.78, 5) is 20.1. The number of amides is 1. The molecule has 2 aromatic heterocycles. The molecule has 3 heterocycles. The van der Waals surface area contributed by atoms with Crippen molar-refractivity contribution >= 4 is 28.1 Å². The Balaban J connectivity index is 1.60. The molecule has 5 heteroatoms. The van der Waals surface area contributed by atoms with Gasteiger partial charge in [-0.05, 0) is 54.1 Å². The average Bonchev–Trinajstić information content (AvgIpc) is 3.41. The number of aromatic nitrogens is 1. The second kappa shape index (κ2) is 8.00. The Bertz CT molecular complexity index is 1180. The number of carbonyl (C=O) groups excluding carboxylic acids is 1. The van der Waals surface area contributed by atoms with Gasteiger partial charge in [-0.25, -0.2) is 0 Å². The molecule has 1 unspecified atom stereocenters. The number of nitrogens with zero attached hydrogens (tertiary/aromatic N) is 1. The number of aromatic amines is 1. The van der Waals surface area contributed by atoms with E-state index in [4.69, 9.17) is 4.74 Å². The number of carbonyl (C=O) groups is 1. The Morgan fingerprint density at radius 1 is 1.17 bits per heavy atom. The molecular formula is C25H24N2O2S. The van der Waals surface area contributed by atoms with Crippen LogP contribution in [0.3, 0.4) is 0 Å². The number of ether oxygens (including phenoxy) is 1. The van der Waals surface area contributed by atoms with Gasteiger partial charge in [-0.1, -0.05) is 36.4 Å². The maximum atomic E-state index is 13.4. The topological polar surface area (TPSA) is 45.3 Å². The van der Waals surface area contributed by atoms with E-state index in [0.29, 0.717) is 19.6 Å². The van der Waals surface area contributed by atoms with Crippen LogP contribution in [0.1, 0.15) is 34.7 Å². The van der Waals surface area contributed by atoms with E-state index < -0.39 is 0 Å². The van der Waals surface area contributed by atoms with Gasteiger partial charge in [0.2, 0.25) is 5.91 Å². The van der Waals surface area contributed by atoms with E-state index in [1.807, 2.05) is 41.5 Å². The molecule has 0 radical (unpaired) electrons. The zero-order valence-electron chi connectivity index (χ0n) is 16.9. The Kier molecular flexibility index (Phi) is 5.05. The summed E-state index contributed by atoms with van der Waals surface area (Å²) in [6.45, 7) is 3.31. The minimum Gasteiger partial charge on any atom is -0.494 e. The van der Waals surface area contributed by atoms with Gasteiger partial charge in [-0.3, -0.25) is 4.79 Å². The average molecular weight is 417 g/mol. The Morgan fingerprint density at radius 2 is 2.07 bits per heavy atom. The SMILES string of the molecule is CCOc1cccc(C2c3[nH]c4ccccc4c3CCN2C(=O)Cc2cccs2)c1. The number of H-pyrrole nitrogens is 1. The maximum Gasteiger partial charge on any atom is 0.228 e. The molecule has 1 amide bonds. The lowest BCUT2D eigenvalue weighted by molar-refractivity contribution is -0.132. The summed E-state index contributed by atoms with van der Waals surface area (Å²) >= 11 is 1.64. The fourth-order valence-corrected chi connectivity index (χ4v) is 5.16. The van der Waals surface area contributed by atoms with E-state index in [2.05, 4.69) is 41.4 Å². The molecule has 0 spiro atoms. The molecule has 152 valence electrons. The minimum absolute atomic E-state index is 0.144. The number of para-hydroxylation sites is 1. The first-order valence-corrected chi connectivity index (χ1v) is 11.3. The summed E-state index contributed by atoms with van der Waals surface area (Å²) in [6, 6.07) is 20.4. The van der Waals surface area contributed by atoms with Gasteiger partial charge in [0, 0.05) is 28.0 Å². The predicted octanol–water partition coefficient (Wildman–Crippen LogP) is 5.34. The van der Waals surface area contributed by atoms with Crippen molar-refractivity contribution in [3.05, 3.63) is 87.7 Å². The minimum atomic E-state index is -0.144. The van der Waals surface area contributed by atoms with Crippen LogP contribution in [0, 0.1) is 0 Å². The van der Waals surface area contributed by atoms with Crippen molar-refractivity contribution in [1.82, 2.24) is 9.88 Å². The first kappa shape index (κ1) is 18.9. The van der Waals surface area contributed by atoms with E-state index in [-0.39, 0.29) is 11.9 Å². The number of hydrogen-bond donors (Lipinski definition) is 1. The normalized spacial score (nSPS) is 15.9. The van der Waals surface area contributed by atoms with E-state index in [0.717, 1.165) is 33.8 Å². The van der Waals surface area contributed by atoms with Crippen molar-refractivity contribution in [3.8, 4) is 5.75 Å². The van der Waals surface area contributed by atoms with Gasteiger partial charge in [0.1, 0.15) is 5.75 Å². The molecule has 1 aliphatic heterocycles. The Hall–Kier alpha value is -3.05. The largest absolute Gasteiger partial charge is 0.494 e. The van der Waals surface area contributed by atoms with Crippen LogP contribution in [-0.4, -0.2) is 28.9 Å². The number of hydrogen-bond acceptors (Lipinski definition) is 3. The number of benzene rings is 2. The first-order valence-electron chi connectivity index (χ1n) is 10.4. The van der Waals surface area contributed by atoms with Crippen molar-refractivity contribution in [3.63, 3.8) is 0 Å². The fraction of sp³-hybridized carbons (Fsp3) is 0.240. The molecule has 0 saturated carbocycles. The zero-order chi connectivity index (χ0) is 20.5. The van der Waals surface area contributed by atoms with Crippen molar-refractivity contribution in [1.29, 1.82) is 0 Å². The molecule has 1 N–H and O–H groups in total. The van der Waals surface area contributed by atoms with Crippen molar-refractivity contribution in [2.45, 2.75) is 25.8 Å². The van der Waals surface area contributed by atoms with Crippen LogP contribution < -0.4 is 4.74 Å². The predicted molar refractivity (Wildman–Crippen MR) is 121 cm³/mol. The highest BCUT2D eigenvalue weighted by Crippen LogP contribution is 2.39. The number of rotatable bonds is 5. The quantitative estimate of drug-likeness (QED) is 0.477. The first-order chi connectivity index (χ1) is 14.7. The van der Waals surface area contributed by atoms with Gasteiger partial charge < -0.3 is 14.6 Å². The van der Waals surface area contributed by atoms with E-state index in [1.165, 1.54) is 10.9 Å². The third kappa shape index (κ3) is 3.39. The monoisotopic (exact) mass is 416 g/mol. The molecule has 4 aromatic rings. The second-order valence-electron chi connectivity index (χ2n) is 7.56. The van der Waals surface area contributed by atoms with Crippen LogP contribution in [0.2, 0.25) is 0 Å². The van der Waals surface area contributed by atoms with Gasteiger partial charge in [-0.2, -0.15) is 0 Å². The molecule has 2 aromatic carbocycles. The molecule has 0 bridgehead atoms. The smallest absolute Gasteiger partial charge is 0.228 e. The van der Waals surface area contributed by atoms with Crippen LogP contribution >= 0.6 is 11.3 Å². The van der Waals surface area contributed by atoms with E-state index in [1.54, 1.807) is 11.3 Å². The second-order valence-corrected chi connectivity index (χ2v) is 8.60. The third-order valence-corrected chi connectivity index (χ3v) is 6.62. The molecule has 5 rings (SSSR count). The van der Waals surface area contributed by atoms with Gasteiger partial charge in [0.15, 0.2) is 0 Å². The van der Waals surface area contributed by atoms with Gasteiger partial charge in [0.05, 0.1) is 19.1 Å². The standard InChI is InChI=1S/C25H24N2O2S/c1-2-29-18-8-5-7-17(15-18)25-24-21(20-10-3-4-11-22(20)26-24)12-13-27(25)23(28)16-19-9-6-14-30-19/h3-11,14-15,25-26H,2,12-13,16H2,1H3. The zero-order valence-corrected chi connectivity index (χ0v) is 17.7. The molecule has 1 atom stereocenters. The van der Waals surface area contributed by atoms with E-state index in [9.17, 15) is 4.79 Å². The molecule has 1 aliphatic rings. The van der Waals surface area contributed by atoms with Crippen LogP contribution in [0.5, 0.6) is 5.75 Å². The van der Waals surface area contributed by atoms with Crippen molar-refractivity contribution < 1.29 is 9.53 Å². The molecule has 30 heavy (non-hydrogen) atoms. The van der Waals surface area contributed by atoms with E-state index >= 15 is 0 Å². The van der Waals surface area contributed by atoms with Crippen LogP contribution in [0.15, 0.2) is 66.0 Å². The van der Waals surface area contributed by atoms with Crippen LogP contribution in [0.25, 0.3) is 10.9 Å². The summed E-state index contributed by atoms with van der Waals surface area (Å²) in [5, 5.41) is 3.28. The number of thiophene rings is 1. The van der Waals surface area contributed by atoms with Gasteiger partial charge in [-0.15, -0.1) is 11.3 Å². The molecular weight excluding hydrogens is 392 g/mol.